The van der Waals surface area contributed by atoms with Crippen molar-refractivity contribution in [1.29, 1.82) is 0 Å². The first-order valence-corrected chi connectivity index (χ1v) is 12.7. The highest BCUT2D eigenvalue weighted by Gasteiger charge is 2.40. The smallest absolute Gasteiger partial charge is 0.251 e. The second-order valence-corrected chi connectivity index (χ2v) is 9.87. The van der Waals surface area contributed by atoms with Gasteiger partial charge in [0.05, 0.1) is 24.0 Å². The van der Waals surface area contributed by atoms with Crippen LogP contribution in [0.2, 0.25) is 0 Å². The Bertz CT molecular complexity index is 1100. The Labute approximate surface area is 206 Å². The lowest BCUT2D eigenvalue weighted by molar-refractivity contribution is -0.122. The van der Waals surface area contributed by atoms with Crippen molar-refractivity contribution in [3.8, 4) is 0 Å². The Morgan fingerprint density at radius 2 is 1.77 bits per heavy atom. The molecule has 2 aliphatic carbocycles. The van der Waals surface area contributed by atoms with Gasteiger partial charge in [-0.25, -0.2) is 0 Å². The average Bonchev–Trinajstić information content (AvgIpc) is 3.72. The minimum atomic E-state index is -0.222. The highest BCUT2D eigenvalue weighted by molar-refractivity contribution is 6.13. The number of aromatic nitrogens is 1. The average molecular weight is 476 g/mol. The molecular weight excluding hydrogens is 442 g/mol. The number of amides is 3. The summed E-state index contributed by atoms with van der Waals surface area (Å²) in [6.45, 7) is 2.12. The van der Waals surface area contributed by atoms with Crippen molar-refractivity contribution in [2.45, 2.75) is 70.0 Å². The summed E-state index contributed by atoms with van der Waals surface area (Å²) >= 11 is 0. The van der Waals surface area contributed by atoms with Crippen molar-refractivity contribution in [2.75, 3.05) is 22.9 Å². The summed E-state index contributed by atoms with van der Waals surface area (Å²) in [5, 5.41) is 6.42. The van der Waals surface area contributed by atoms with Crippen LogP contribution in [-0.2, 0) is 9.59 Å². The monoisotopic (exact) mass is 475 g/mol. The molecular formula is C27H33N5O3. The molecule has 184 valence electrons. The third kappa shape index (κ3) is 5.22. The van der Waals surface area contributed by atoms with E-state index in [2.05, 4.69) is 15.6 Å². The number of rotatable bonds is 7. The van der Waals surface area contributed by atoms with Gasteiger partial charge >= 0.3 is 0 Å². The molecule has 8 nitrogen and oxygen atoms in total. The maximum Gasteiger partial charge on any atom is 0.251 e. The van der Waals surface area contributed by atoms with Gasteiger partial charge in [0.25, 0.3) is 5.91 Å². The minimum Gasteiger partial charge on any atom is -0.346 e. The molecule has 0 saturated heterocycles. The van der Waals surface area contributed by atoms with E-state index >= 15 is 0 Å². The van der Waals surface area contributed by atoms with Gasteiger partial charge in [0.1, 0.15) is 6.54 Å². The lowest BCUT2D eigenvalue weighted by atomic mass is 9.95. The first kappa shape index (κ1) is 23.5. The quantitative estimate of drug-likeness (QED) is 0.641. The molecule has 8 heteroatoms. The van der Waals surface area contributed by atoms with Gasteiger partial charge in [0.15, 0.2) is 0 Å². The number of nitrogens with one attached hydrogen (secondary N) is 2. The fourth-order valence-electron chi connectivity index (χ4n) is 5.12. The topological polar surface area (TPSA) is 94.6 Å². The minimum absolute atomic E-state index is 0.00711. The fraction of sp³-hybridized carbons (Fsp3) is 0.481. The van der Waals surface area contributed by atoms with Crippen LogP contribution in [0.3, 0.4) is 0 Å². The molecule has 1 aromatic carbocycles. The lowest BCUT2D eigenvalue weighted by Gasteiger charge is -2.37. The van der Waals surface area contributed by atoms with E-state index in [4.69, 9.17) is 0 Å². The van der Waals surface area contributed by atoms with Crippen LogP contribution in [0.25, 0.3) is 0 Å². The first-order valence-electron chi connectivity index (χ1n) is 12.7. The summed E-state index contributed by atoms with van der Waals surface area (Å²) in [7, 11) is 0. The number of nitrogens with zero attached hydrogens (tertiary/aromatic N) is 3. The van der Waals surface area contributed by atoms with Crippen molar-refractivity contribution >= 4 is 29.1 Å². The Balaban J connectivity index is 1.37. The van der Waals surface area contributed by atoms with E-state index in [1.54, 1.807) is 29.4 Å². The Morgan fingerprint density at radius 1 is 1.03 bits per heavy atom. The highest BCUT2D eigenvalue weighted by atomic mass is 16.2. The van der Waals surface area contributed by atoms with Crippen LogP contribution in [0.4, 0.5) is 11.4 Å². The molecule has 1 aromatic heterocycles. The first-order chi connectivity index (χ1) is 17.0. The Morgan fingerprint density at radius 3 is 2.49 bits per heavy atom. The van der Waals surface area contributed by atoms with Crippen molar-refractivity contribution in [3.05, 3.63) is 53.9 Å². The lowest BCUT2D eigenvalue weighted by Crippen LogP contribution is -2.51. The zero-order chi connectivity index (χ0) is 24.4. The number of hydrogen-bond acceptors (Lipinski definition) is 5. The number of fused-ring (bicyclic) bond motifs is 1. The summed E-state index contributed by atoms with van der Waals surface area (Å²) in [5.41, 5.74) is 2.78. The molecule has 1 atom stereocenters. The van der Waals surface area contributed by atoms with Gasteiger partial charge in [0.2, 0.25) is 11.8 Å². The number of carbonyl (C=O) groups excluding carboxylic acids is 3. The molecule has 2 N–H and O–H groups in total. The van der Waals surface area contributed by atoms with E-state index in [1.165, 1.54) is 19.3 Å². The van der Waals surface area contributed by atoms with Crippen LogP contribution in [0.5, 0.6) is 0 Å². The van der Waals surface area contributed by atoms with E-state index in [0.29, 0.717) is 23.0 Å². The summed E-state index contributed by atoms with van der Waals surface area (Å²) in [6, 6.07) is 9.39. The van der Waals surface area contributed by atoms with Gasteiger partial charge < -0.3 is 15.5 Å². The number of carbonyl (C=O) groups is 3. The van der Waals surface area contributed by atoms with Crippen LogP contribution in [0, 0.1) is 0 Å². The molecule has 1 aliphatic heterocycles. The maximum atomic E-state index is 13.3. The van der Waals surface area contributed by atoms with Crippen LogP contribution in [-0.4, -0.2) is 47.9 Å². The summed E-state index contributed by atoms with van der Waals surface area (Å²) in [5.74, 6) is -0.419. The predicted octanol–water partition coefficient (Wildman–Crippen LogP) is 3.34. The second-order valence-electron chi connectivity index (χ2n) is 9.87. The van der Waals surface area contributed by atoms with Crippen molar-refractivity contribution in [1.82, 2.24) is 15.6 Å². The Hall–Kier alpha value is -3.26. The third-order valence-electron chi connectivity index (χ3n) is 7.26. The van der Waals surface area contributed by atoms with Crippen LogP contribution < -0.4 is 20.4 Å². The van der Waals surface area contributed by atoms with Crippen LogP contribution >= 0.6 is 0 Å². The Kier molecular flexibility index (Phi) is 6.81. The second kappa shape index (κ2) is 10.2. The van der Waals surface area contributed by atoms with Gasteiger partial charge in [-0.2, -0.15) is 0 Å². The summed E-state index contributed by atoms with van der Waals surface area (Å²) in [6.07, 6.45) is 11.1. The predicted molar refractivity (Wildman–Crippen MR) is 134 cm³/mol. The number of pyridine rings is 1. The largest absolute Gasteiger partial charge is 0.346 e. The summed E-state index contributed by atoms with van der Waals surface area (Å²) in [4.78, 5) is 46.8. The molecule has 2 fully saturated rings. The van der Waals surface area contributed by atoms with Crippen molar-refractivity contribution in [3.63, 3.8) is 0 Å². The molecule has 3 amide bonds. The van der Waals surface area contributed by atoms with Gasteiger partial charge in [-0.15, -0.1) is 0 Å². The number of benzene rings is 1. The zero-order valence-corrected chi connectivity index (χ0v) is 20.2. The van der Waals surface area contributed by atoms with Crippen molar-refractivity contribution in [2.24, 2.45) is 0 Å². The van der Waals surface area contributed by atoms with Crippen LogP contribution in [0.15, 0.2) is 42.7 Å². The van der Waals surface area contributed by atoms with Crippen molar-refractivity contribution < 1.29 is 14.4 Å². The molecule has 2 aromatic rings. The molecule has 5 rings (SSSR count). The molecule has 1 unspecified atom stereocenters. The van der Waals surface area contributed by atoms with E-state index in [1.807, 2.05) is 30.0 Å². The number of anilines is 2. The zero-order valence-electron chi connectivity index (χ0n) is 20.2. The summed E-state index contributed by atoms with van der Waals surface area (Å²) < 4.78 is 0. The van der Waals surface area contributed by atoms with Crippen LogP contribution in [0.1, 0.15) is 73.8 Å². The van der Waals surface area contributed by atoms with E-state index in [9.17, 15) is 14.4 Å². The normalized spacial score (nSPS) is 19.3. The SMILES string of the molecule is CC(NC(=O)c1ccc2c(c1)N(C(=O)CNC1CCCCC1)CC(=O)N2C1CC1)c1ccncc1. The van der Waals surface area contributed by atoms with E-state index in [-0.39, 0.29) is 42.9 Å². The fourth-order valence-corrected chi connectivity index (χ4v) is 5.12. The molecule has 3 aliphatic rings. The molecule has 0 spiro atoms. The molecule has 35 heavy (non-hydrogen) atoms. The standard InChI is InChI=1S/C27H33N5O3/c1-18(19-11-13-28-14-12-19)30-27(35)20-7-10-23-24(15-20)31(17-26(34)32(23)22-8-9-22)25(33)16-29-21-5-3-2-4-6-21/h7,10-15,18,21-22,29H,2-6,8-9,16-17H2,1H3,(H,30,35). The molecule has 2 saturated carbocycles. The van der Waals surface area contributed by atoms with Gasteiger partial charge in [-0.05, 0) is 68.5 Å². The number of hydrogen-bond donors (Lipinski definition) is 2. The highest BCUT2D eigenvalue weighted by Crippen LogP contribution is 2.41. The maximum absolute atomic E-state index is 13.3. The molecule has 0 radical (unpaired) electrons. The van der Waals surface area contributed by atoms with Gasteiger partial charge in [-0.1, -0.05) is 19.3 Å². The molecule has 2 heterocycles. The van der Waals surface area contributed by atoms with Gasteiger partial charge in [0, 0.05) is 30.0 Å². The third-order valence-corrected chi connectivity index (χ3v) is 7.26. The molecule has 0 bridgehead atoms. The van der Waals surface area contributed by atoms with Gasteiger partial charge in [-0.3, -0.25) is 24.3 Å². The van der Waals surface area contributed by atoms with E-state index < -0.39 is 0 Å². The van der Waals surface area contributed by atoms with E-state index in [0.717, 1.165) is 31.2 Å².